The van der Waals surface area contributed by atoms with Crippen LogP contribution in [0, 0.1) is 0 Å². The molecule has 3 aromatic heterocycles. The van der Waals surface area contributed by atoms with Gasteiger partial charge in [0.1, 0.15) is 11.5 Å². The minimum Gasteiger partial charge on any atom is -0.361 e. The van der Waals surface area contributed by atoms with Crippen LogP contribution in [0.1, 0.15) is 44.9 Å². The van der Waals surface area contributed by atoms with E-state index in [2.05, 4.69) is 90.6 Å². The van der Waals surface area contributed by atoms with Gasteiger partial charge in [0.15, 0.2) is 5.82 Å². The van der Waals surface area contributed by atoms with Crippen LogP contribution in [-0.4, -0.2) is 35.6 Å². The summed E-state index contributed by atoms with van der Waals surface area (Å²) in [7, 11) is 0. The van der Waals surface area contributed by atoms with Crippen LogP contribution in [0.5, 0.6) is 0 Å². The zero-order valence-electron chi connectivity index (χ0n) is 22.6. The highest BCUT2D eigenvalue weighted by Crippen LogP contribution is 2.25. The number of amides is 1. The molecule has 6 rings (SSSR count). The van der Waals surface area contributed by atoms with Gasteiger partial charge in [0.05, 0.1) is 12.2 Å². The molecule has 0 fully saturated rings. The van der Waals surface area contributed by atoms with Crippen LogP contribution in [0.4, 0.5) is 0 Å². The molecule has 0 aliphatic heterocycles. The SMILES string of the molecule is O=C(N[C@H](Cc1c[nH]c2ccccc12)c1nnc(CCc2ccccc2)n1CCc1ccccc1)c1cnccn1. The predicted octanol–water partition coefficient (Wildman–Crippen LogP) is 5.29. The largest absolute Gasteiger partial charge is 0.361 e. The summed E-state index contributed by atoms with van der Waals surface area (Å²) in [6, 6.07) is 28.5. The molecule has 0 aliphatic carbocycles. The van der Waals surface area contributed by atoms with Gasteiger partial charge in [-0.3, -0.25) is 9.78 Å². The van der Waals surface area contributed by atoms with Crippen molar-refractivity contribution >= 4 is 16.8 Å². The number of aryl methyl sites for hydroxylation is 3. The molecule has 1 amide bonds. The Kier molecular flexibility index (Phi) is 7.89. The smallest absolute Gasteiger partial charge is 0.272 e. The van der Waals surface area contributed by atoms with Crippen LogP contribution in [0.3, 0.4) is 0 Å². The summed E-state index contributed by atoms with van der Waals surface area (Å²) < 4.78 is 2.19. The number of aromatic amines is 1. The molecule has 0 radical (unpaired) electrons. The van der Waals surface area contributed by atoms with Crippen molar-refractivity contribution in [1.29, 1.82) is 0 Å². The minimum atomic E-state index is -0.433. The van der Waals surface area contributed by atoms with E-state index in [0.717, 1.165) is 47.4 Å². The fourth-order valence-electron chi connectivity index (χ4n) is 5.20. The number of para-hydroxylation sites is 1. The van der Waals surface area contributed by atoms with E-state index in [0.29, 0.717) is 13.0 Å². The number of fused-ring (bicyclic) bond motifs is 1. The van der Waals surface area contributed by atoms with Gasteiger partial charge >= 0.3 is 0 Å². The number of carbonyl (C=O) groups is 1. The number of hydrogen-bond donors (Lipinski definition) is 2. The number of nitrogens with one attached hydrogen (secondary N) is 2. The van der Waals surface area contributed by atoms with Crippen LogP contribution >= 0.6 is 0 Å². The molecule has 2 N–H and O–H groups in total. The van der Waals surface area contributed by atoms with E-state index < -0.39 is 6.04 Å². The molecule has 0 unspecified atom stereocenters. The van der Waals surface area contributed by atoms with Gasteiger partial charge in [0.25, 0.3) is 5.91 Å². The van der Waals surface area contributed by atoms with Crippen molar-refractivity contribution in [2.24, 2.45) is 0 Å². The molecule has 3 heterocycles. The maximum absolute atomic E-state index is 13.3. The predicted molar refractivity (Wildman–Crippen MR) is 158 cm³/mol. The highest BCUT2D eigenvalue weighted by molar-refractivity contribution is 5.92. The third kappa shape index (κ3) is 6.22. The van der Waals surface area contributed by atoms with Crippen molar-refractivity contribution in [3.63, 3.8) is 0 Å². The molecular formula is C33H31N7O. The van der Waals surface area contributed by atoms with Gasteiger partial charge in [-0.1, -0.05) is 78.9 Å². The molecule has 8 heteroatoms. The fraction of sp³-hybridized carbons (Fsp3) is 0.182. The van der Waals surface area contributed by atoms with Crippen molar-refractivity contribution in [1.82, 2.24) is 35.0 Å². The Balaban J connectivity index is 1.35. The zero-order chi connectivity index (χ0) is 27.9. The maximum Gasteiger partial charge on any atom is 0.272 e. The first kappa shape index (κ1) is 26.1. The molecule has 204 valence electrons. The molecule has 0 spiro atoms. The lowest BCUT2D eigenvalue weighted by molar-refractivity contribution is 0.0928. The Morgan fingerprint density at radius 1 is 0.829 bits per heavy atom. The van der Waals surface area contributed by atoms with E-state index in [4.69, 9.17) is 5.10 Å². The molecule has 3 aromatic carbocycles. The summed E-state index contributed by atoms with van der Waals surface area (Å²) in [5.74, 6) is 1.33. The first-order valence-corrected chi connectivity index (χ1v) is 13.9. The topological polar surface area (TPSA) is 101 Å². The van der Waals surface area contributed by atoms with Crippen molar-refractivity contribution in [2.75, 3.05) is 0 Å². The van der Waals surface area contributed by atoms with Gasteiger partial charge in [-0.25, -0.2) is 4.98 Å². The van der Waals surface area contributed by atoms with Crippen molar-refractivity contribution < 1.29 is 4.79 Å². The summed E-state index contributed by atoms with van der Waals surface area (Å²) >= 11 is 0. The first-order chi connectivity index (χ1) is 20.2. The summed E-state index contributed by atoms with van der Waals surface area (Å²) in [6.07, 6.45) is 9.51. The van der Waals surface area contributed by atoms with Crippen molar-refractivity contribution in [3.8, 4) is 0 Å². The number of nitrogens with zero attached hydrogens (tertiary/aromatic N) is 5. The van der Waals surface area contributed by atoms with Crippen molar-refractivity contribution in [3.05, 3.63) is 144 Å². The van der Waals surface area contributed by atoms with Gasteiger partial charge in [-0.15, -0.1) is 10.2 Å². The summed E-state index contributed by atoms with van der Waals surface area (Å²) in [4.78, 5) is 25.0. The highest BCUT2D eigenvalue weighted by Gasteiger charge is 2.25. The van der Waals surface area contributed by atoms with Gasteiger partial charge in [0, 0.05) is 48.9 Å². The average Bonchev–Trinajstić information content (AvgIpc) is 3.64. The second-order valence-corrected chi connectivity index (χ2v) is 10.0. The normalized spacial score (nSPS) is 11.9. The third-order valence-electron chi connectivity index (χ3n) is 7.31. The molecule has 41 heavy (non-hydrogen) atoms. The quantitative estimate of drug-likeness (QED) is 0.232. The third-order valence-corrected chi connectivity index (χ3v) is 7.31. The fourth-order valence-corrected chi connectivity index (χ4v) is 5.20. The van der Waals surface area contributed by atoms with Crippen LogP contribution in [0.15, 0.2) is 110 Å². The number of rotatable bonds is 11. The van der Waals surface area contributed by atoms with E-state index in [1.54, 1.807) is 6.20 Å². The molecule has 8 nitrogen and oxygen atoms in total. The van der Waals surface area contributed by atoms with Gasteiger partial charge in [-0.2, -0.15) is 0 Å². The number of H-pyrrole nitrogens is 1. The molecule has 6 aromatic rings. The molecule has 0 saturated carbocycles. The second-order valence-electron chi connectivity index (χ2n) is 10.0. The van der Waals surface area contributed by atoms with E-state index in [1.165, 1.54) is 23.5 Å². The zero-order valence-corrected chi connectivity index (χ0v) is 22.6. The number of hydrogen-bond acceptors (Lipinski definition) is 5. The van der Waals surface area contributed by atoms with Gasteiger partial charge in [0.2, 0.25) is 0 Å². The molecule has 0 bridgehead atoms. The Hall–Kier alpha value is -5.11. The molecule has 1 atom stereocenters. The summed E-state index contributed by atoms with van der Waals surface area (Å²) in [5, 5.41) is 13.7. The molecule has 0 saturated heterocycles. The van der Waals surface area contributed by atoms with Gasteiger partial charge < -0.3 is 14.9 Å². The highest BCUT2D eigenvalue weighted by atomic mass is 16.2. The van der Waals surface area contributed by atoms with E-state index in [-0.39, 0.29) is 11.6 Å². The number of benzene rings is 3. The number of aromatic nitrogens is 6. The molecule has 0 aliphatic rings. The standard InChI is InChI=1S/C33H31N7O/c41-33(30-23-34-18-19-35-30)37-29(21-26-22-36-28-14-8-7-13-27(26)28)32-39-38-31(16-15-24-9-3-1-4-10-24)40(32)20-17-25-11-5-2-6-12-25/h1-14,18-19,22-23,29,36H,15-17,20-21H2,(H,37,41)/t29-/m1/s1. The Morgan fingerprint density at radius 2 is 1.56 bits per heavy atom. The summed E-state index contributed by atoms with van der Waals surface area (Å²) in [6.45, 7) is 0.696. The van der Waals surface area contributed by atoms with Crippen LogP contribution in [0.2, 0.25) is 0 Å². The van der Waals surface area contributed by atoms with E-state index >= 15 is 0 Å². The minimum absolute atomic E-state index is 0.260. The lowest BCUT2D eigenvalue weighted by Crippen LogP contribution is -2.33. The monoisotopic (exact) mass is 541 g/mol. The van der Waals surface area contributed by atoms with E-state index in [1.807, 2.05) is 30.5 Å². The average molecular weight is 542 g/mol. The van der Waals surface area contributed by atoms with Gasteiger partial charge in [-0.05, 0) is 35.6 Å². The molecular weight excluding hydrogens is 510 g/mol. The lowest BCUT2D eigenvalue weighted by atomic mass is 10.0. The Labute approximate surface area is 238 Å². The lowest BCUT2D eigenvalue weighted by Gasteiger charge is -2.20. The Bertz CT molecular complexity index is 1710. The van der Waals surface area contributed by atoms with Crippen LogP contribution in [-0.2, 0) is 32.2 Å². The van der Waals surface area contributed by atoms with Crippen LogP contribution in [0.25, 0.3) is 10.9 Å². The Morgan fingerprint density at radius 3 is 2.32 bits per heavy atom. The first-order valence-electron chi connectivity index (χ1n) is 13.9. The second kappa shape index (κ2) is 12.4. The van der Waals surface area contributed by atoms with E-state index in [9.17, 15) is 4.79 Å². The van der Waals surface area contributed by atoms with Crippen LogP contribution < -0.4 is 5.32 Å². The number of carbonyl (C=O) groups excluding carboxylic acids is 1. The maximum atomic E-state index is 13.3. The van der Waals surface area contributed by atoms with Crippen molar-refractivity contribution in [2.45, 2.75) is 38.3 Å². The summed E-state index contributed by atoms with van der Waals surface area (Å²) in [5.41, 5.74) is 4.89.